The van der Waals surface area contributed by atoms with Gasteiger partial charge >= 0.3 is 0 Å². The van der Waals surface area contributed by atoms with Crippen LogP contribution in [0.5, 0.6) is 0 Å². The van der Waals surface area contributed by atoms with E-state index in [2.05, 4.69) is 41.3 Å². The fraction of sp³-hybridized carbons (Fsp3) is 0.400. The van der Waals surface area contributed by atoms with Crippen molar-refractivity contribution in [3.8, 4) is 28.5 Å². The molecule has 7 rings (SSSR count). The first-order valence-corrected chi connectivity index (χ1v) is 14.7. The second kappa shape index (κ2) is 12.8. The second-order valence-corrected chi connectivity index (χ2v) is 10.7. The summed E-state index contributed by atoms with van der Waals surface area (Å²) in [6, 6.07) is 9.42. The molecular formula is C30H31N11O3. The first-order chi connectivity index (χ1) is 21.7. The fourth-order valence-electron chi connectivity index (χ4n) is 5.36. The molecule has 0 bridgehead atoms. The summed E-state index contributed by atoms with van der Waals surface area (Å²) in [6.45, 7) is 4.20. The number of aromatic nitrogens is 9. The molecule has 1 aromatic carbocycles. The highest BCUT2D eigenvalue weighted by molar-refractivity contribution is 5.70. The summed E-state index contributed by atoms with van der Waals surface area (Å²) in [7, 11) is 0. The maximum Gasteiger partial charge on any atom is 0.225 e. The molecule has 1 unspecified atom stereocenters. The van der Waals surface area contributed by atoms with Gasteiger partial charge in [0.05, 0.1) is 62.1 Å². The van der Waals surface area contributed by atoms with E-state index in [-0.39, 0.29) is 12.4 Å². The summed E-state index contributed by atoms with van der Waals surface area (Å²) in [5.41, 5.74) is 4.85. The van der Waals surface area contributed by atoms with E-state index in [0.717, 1.165) is 42.6 Å². The molecule has 0 saturated carbocycles. The van der Waals surface area contributed by atoms with E-state index in [1.54, 1.807) is 23.0 Å². The second-order valence-electron chi connectivity index (χ2n) is 10.7. The van der Waals surface area contributed by atoms with E-state index < -0.39 is 0 Å². The van der Waals surface area contributed by atoms with Crippen molar-refractivity contribution in [2.45, 2.75) is 44.7 Å². The van der Waals surface area contributed by atoms with Gasteiger partial charge in [-0.25, -0.2) is 24.6 Å². The molecule has 0 aliphatic carbocycles. The van der Waals surface area contributed by atoms with E-state index in [1.165, 1.54) is 0 Å². The number of hydrogen-bond acceptors (Lipinski definition) is 12. The van der Waals surface area contributed by atoms with Crippen LogP contribution >= 0.6 is 0 Å². The average Bonchev–Trinajstić information content (AvgIpc) is 3.72. The minimum atomic E-state index is -0.177. The molecule has 0 spiro atoms. The molecule has 2 aliphatic rings. The van der Waals surface area contributed by atoms with E-state index in [9.17, 15) is 5.26 Å². The zero-order valence-electron chi connectivity index (χ0n) is 24.1. The van der Waals surface area contributed by atoms with Crippen LogP contribution in [0.4, 0.5) is 5.95 Å². The van der Waals surface area contributed by atoms with Gasteiger partial charge in [-0.3, -0.25) is 4.68 Å². The van der Waals surface area contributed by atoms with E-state index in [4.69, 9.17) is 19.2 Å². The van der Waals surface area contributed by atoms with Crippen molar-refractivity contribution < 1.29 is 14.2 Å². The van der Waals surface area contributed by atoms with Crippen molar-refractivity contribution in [1.29, 1.82) is 5.26 Å². The summed E-state index contributed by atoms with van der Waals surface area (Å²) < 4.78 is 21.1. The highest BCUT2D eigenvalue weighted by Gasteiger charge is 2.25. The van der Waals surface area contributed by atoms with Crippen molar-refractivity contribution in [2.24, 2.45) is 0 Å². The van der Waals surface area contributed by atoms with Gasteiger partial charge in [0, 0.05) is 55.0 Å². The molecule has 44 heavy (non-hydrogen) atoms. The van der Waals surface area contributed by atoms with Crippen LogP contribution in [0.15, 0.2) is 55.2 Å². The summed E-state index contributed by atoms with van der Waals surface area (Å²) in [5, 5.41) is 22.2. The number of ether oxygens (including phenoxy) is 3. The molecule has 2 atom stereocenters. The molecule has 6 heterocycles. The Bertz CT molecular complexity index is 1760. The first kappa shape index (κ1) is 28.0. The molecule has 2 saturated heterocycles. The summed E-state index contributed by atoms with van der Waals surface area (Å²) in [6.07, 6.45) is 12.0. The molecule has 4 aromatic heterocycles. The van der Waals surface area contributed by atoms with Gasteiger partial charge in [0.15, 0.2) is 11.9 Å². The average molecular weight is 594 g/mol. The topological polar surface area (TPSA) is 155 Å². The van der Waals surface area contributed by atoms with E-state index in [1.807, 2.05) is 41.6 Å². The number of nitriles is 1. The van der Waals surface area contributed by atoms with Crippen molar-refractivity contribution in [3.05, 3.63) is 60.8 Å². The Morgan fingerprint density at radius 3 is 2.80 bits per heavy atom. The lowest BCUT2D eigenvalue weighted by atomic mass is 10.1. The lowest BCUT2D eigenvalue weighted by Gasteiger charge is -2.32. The Morgan fingerprint density at radius 2 is 1.93 bits per heavy atom. The van der Waals surface area contributed by atoms with Crippen LogP contribution in [0.3, 0.4) is 0 Å². The largest absolute Gasteiger partial charge is 0.373 e. The maximum atomic E-state index is 9.26. The van der Waals surface area contributed by atoms with Crippen LogP contribution in [-0.2, 0) is 27.3 Å². The molecule has 224 valence electrons. The monoisotopic (exact) mass is 593 g/mol. The standard InChI is InChI=1S/C30H31N11O3/c31-13-21-4-3-5-22(12-21)26-17-32-28-29(36-26)41(38-37-28)20-25-19-39(7-10-42-25)30-33-14-23(15-34-30)24-16-35-40(18-24)8-11-44-27-6-1-2-9-43-27/h3-5,12,14-18,25,27H,1-2,6-11,19-20H2/t25-,27?/m0/s1. The van der Waals surface area contributed by atoms with Gasteiger partial charge < -0.3 is 19.1 Å². The van der Waals surface area contributed by atoms with E-state index >= 15 is 0 Å². The lowest BCUT2D eigenvalue weighted by Crippen LogP contribution is -2.45. The normalized spacial score (nSPS) is 18.8. The number of anilines is 1. The van der Waals surface area contributed by atoms with Crippen molar-refractivity contribution in [2.75, 3.05) is 37.8 Å². The molecule has 14 heteroatoms. The van der Waals surface area contributed by atoms with Gasteiger partial charge in [-0.15, -0.1) is 5.10 Å². The van der Waals surface area contributed by atoms with Crippen LogP contribution in [0.25, 0.3) is 33.7 Å². The van der Waals surface area contributed by atoms with Crippen LogP contribution in [0.2, 0.25) is 0 Å². The van der Waals surface area contributed by atoms with Gasteiger partial charge in [-0.1, -0.05) is 17.3 Å². The predicted octanol–water partition coefficient (Wildman–Crippen LogP) is 2.86. The lowest BCUT2D eigenvalue weighted by molar-refractivity contribution is -0.163. The number of nitrogens with zero attached hydrogens (tertiary/aromatic N) is 11. The molecule has 5 aromatic rings. The van der Waals surface area contributed by atoms with Gasteiger partial charge in [0.25, 0.3) is 0 Å². The van der Waals surface area contributed by atoms with Crippen molar-refractivity contribution in [1.82, 2.24) is 44.7 Å². The molecule has 0 N–H and O–H groups in total. The van der Waals surface area contributed by atoms with Crippen LogP contribution < -0.4 is 4.90 Å². The Labute approximate surface area is 253 Å². The number of morpholine rings is 1. The quantitative estimate of drug-likeness (QED) is 0.247. The Morgan fingerprint density at radius 1 is 1.00 bits per heavy atom. The number of rotatable bonds is 9. The van der Waals surface area contributed by atoms with E-state index in [0.29, 0.717) is 67.9 Å². The molecule has 0 amide bonds. The van der Waals surface area contributed by atoms with Gasteiger partial charge in [0.1, 0.15) is 0 Å². The zero-order valence-corrected chi connectivity index (χ0v) is 24.1. The summed E-state index contributed by atoms with van der Waals surface area (Å²) in [4.78, 5) is 20.6. The van der Waals surface area contributed by atoms with Gasteiger partial charge in [0.2, 0.25) is 11.6 Å². The molecule has 14 nitrogen and oxygen atoms in total. The maximum absolute atomic E-state index is 9.26. The van der Waals surface area contributed by atoms with Crippen LogP contribution in [-0.4, -0.2) is 90.0 Å². The van der Waals surface area contributed by atoms with Crippen LogP contribution in [0.1, 0.15) is 24.8 Å². The van der Waals surface area contributed by atoms with Crippen molar-refractivity contribution in [3.63, 3.8) is 0 Å². The highest BCUT2D eigenvalue weighted by Crippen LogP contribution is 2.22. The fourth-order valence-corrected chi connectivity index (χ4v) is 5.36. The van der Waals surface area contributed by atoms with Crippen molar-refractivity contribution >= 4 is 17.2 Å². The summed E-state index contributed by atoms with van der Waals surface area (Å²) >= 11 is 0. The molecular weight excluding hydrogens is 562 g/mol. The predicted molar refractivity (Wildman–Crippen MR) is 158 cm³/mol. The van der Waals surface area contributed by atoms with Gasteiger partial charge in [-0.05, 0) is 31.4 Å². The molecule has 2 fully saturated rings. The molecule has 0 radical (unpaired) electrons. The third-order valence-electron chi connectivity index (χ3n) is 7.68. The van der Waals surface area contributed by atoms with Gasteiger partial charge in [-0.2, -0.15) is 10.4 Å². The Hall–Kier alpha value is -4.84. The third-order valence-corrected chi connectivity index (χ3v) is 7.68. The Balaban J connectivity index is 0.978. The Kier molecular flexibility index (Phi) is 8.13. The minimum Gasteiger partial charge on any atom is -0.373 e. The number of benzene rings is 1. The third kappa shape index (κ3) is 6.25. The zero-order chi connectivity index (χ0) is 29.7. The summed E-state index contributed by atoms with van der Waals surface area (Å²) in [5.74, 6) is 0.637. The number of fused-ring (bicyclic) bond motifs is 1. The number of hydrogen-bond donors (Lipinski definition) is 0. The molecule has 2 aliphatic heterocycles. The SMILES string of the molecule is N#Cc1cccc(-c2cnc3nnn(C[C@@H]4CN(c5ncc(-c6cnn(CCOC7CCCCO7)c6)cn5)CCO4)c3n2)c1. The minimum absolute atomic E-state index is 0.101. The highest BCUT2D eigenvalue weighted by atomic mass is 16.7. The first-order valence-electron chi connectivity index (χ1n) is 14.7. The smallest absolute Gasteiger partial charge is 0.225 e. The van der Waals surface area contributed by atoms with Crippen LogP contribution in [0, 0.1) is 11.3 Å².